The van der Waals surface area contributed by atoms with E-state index in [-0.39, 0.29) is 19.1 Å². The first-order valence-electron chi connectivity index (χ1n) is 5.95. The topological polar surface area (TPSA) is 99.7 Å². The van der Waals surface area contributed by atoms with Crippen molar-refractivity contribution in [1.82, 2.24) is 14.7 Å². The van der Waals surface area contributed by atoms with Crippen molar-refractivity contribution in [3.05, 3.63) is 12.3 Å². The Balaban J connectivity index is 1.72. The smallest absolute Gasteiger partial charge is 0.328 e. The molecule has 1 aliphatic heterocycles. The van der Waals surface area contributed by atoms with Gasteiger partial charge in [0.15, 0.2) is 6.61 Å². The number of aromatic nitrogens is 2. The second-order valence-corrected chi connectivity index (χ2v) is 4.09. The van der Waals surface area contributed by atoms with Crippen molar-refractivity contribution < 1.29 is 19.1 Å². The number of hydrogen-bond acceptors (Lipinski definition) is 6. The van der Waals surface area contributed by atoms with E-state index in [2.05, 4.69) is 5.10 Å². The summed E-state index contributed by atoms with van der Waals surface area (Å²) >= 11 is 0. The molecule has 1 saturated heterocycles. The third-order valence-electron chi connectivity index (χ3n) is 2.67. The number of rotatable bonds is 4. The van der Waals surface area contributed by atoms with Crippen molar-refractivity contribution in [2.24, 2.45) is 0 Å². The number of hydrogen-bond donors (Lipinski definition) is 1. The maximum Gasteiger partial charge on any atom is 0.328 e. The minimum absolute atomic E-state index is 0.0619. The number of amides is 1. The van der Waals surface area contributed by atoms with Crippen molar-refractivity contribution in [3.63, 3.8) is 0 Å². The average Bonchev–Trinajstić information content (AvgIpc) is 2.82. The predicted octanol–water partition coefficient (Wildman–Crippen LogP) is -1.13. The Bertz CT molecular complexity index is 453. The van der Waals surface area contributed by atoms with Crippen molar-refractivity contribution in [2.45, 2.75) is 6.54 Å². The van der Waals surface area contributed by atoms with Crippen LogP contribution in [0.3, 0.4) is 0 Å². The van der Waals surface area contributed by atoms with E-state index in [1.165, 1.54) is 4.68 Å². The van der Waals surface area contributed by atoms with Gasteiger partial charge in [0.05, 0.1) is 13.2 Å². The molecular weight excluding hydrogens is 252 g/mol. The summed E-state index contributed by atoms with van der Waals surface area (Å²) in [5.41, 5.74) is 5.42. The highest BCUT2D eigenvalue weighted by Gasteiger charge is 2.18. The highest BCUT2D eigenvalue weighted by Crippen LogP contribution is 1.99. The van der Waals surface area contributed by atoms with Crippen LogP contribution in [0.25, 0.3) is 0 Å². The van der Waals surface area contributed by atoms with Gasteiger partial charge in [-0.1, -0.05) is 0 Å². The van der Waals surface area contributed by atoms with Crippen LogP contribution in [-0.4, -0.2) is 59.5 Å². The largest absolute Gasteiger partial charge is 0.454 e. The Morgan fingerprint density at radius 1 is 1.42 bits per heavy atom. The molecular formula is C11H16N4O4. The maximum atomic E-state index is 11.7. The van der Waals surface area contributed by atoms with E-state index in [4.69, 9.17) is 15.2 Å². The first-order chi connectivity index (χ1) is 9.15. The standard InChI is InChI=1S/C11H16N4O4/c12-9-1-2-15(13-9)7-11(17)19-8-10(16)14-3-5-18-6-4-14/h1-2H,3-8H2,(H2,12,13). The zero-order valence-corrected chi connectivity index (χ0v) is 10.4. The van der Waals surface area contributed by atoms with Gasteiger partial charge in [0.1, 0.15) is 12.4 Å². The zero-order chi connectivity index (χ0) is 13.7. The molecule has 0 atom stereocenters. The van der Waals surface area contributed by atoms with Crippen LogP contribution >= 0.6 is 0 Å². The minimum Gasteiger partial charge on any atom is -0.454 e. The van der Waals surface area contributed by atoms with E-state index in [9.17, 15) is 9.59 Å². The van der Waals surface area contributed by atoms with Crippen LogP contribution in [0.15, 0.2) is 12.3 Å². The third-order valence-corrected chi connectivity index (χ3v) is 2.67. The number of esters is 1. The van der Waals surface area contributed by atoms with E-state index in [1.54, 1.807) is 17.2 Å². The lowest BCUT2D eigenvalue weighted by molar-refractivity contribution is -0.154. The molecule has 19 heavy (non-hydrogen) atoms. The molecule has 1 aliphatic rings. The van der Waals surface area contributed by atoms with Gasteiger partial charge in [0.25, 0.3) is 5.91 Å². The van der Waals surface area contributed by atoms with Gasteiger partial charge in [0, 0.05) is 19.3 Å². The monoisotopic (exact) mass is 268 g/mol. The van der Waals surface area contributed by atoms with E-state index < -0.39 is 5.97 Å². The van der Waals surface area contributed by atoms with Crippen LogP contribution in [0.2, 0.25) is 0 Å². The molecule has 0 spiro atoms. The summed E-state index contributed by atoms with van der Waals surface area (Å²) in [6, 6.07) is 1.58. The molecule has 0 bridgehead atoms. The molecule has 1 aromatic heterocycles. The van der Waals surface area contributed by atoms with E-state index in [1.807, 2.05) is 0 Å². The lowest BCUT2D eigenvalue weighted by atomic mass is 10.4. The number of anilines is 1. The highest BCUT2D eigenvalue weighted by atomic mass is 16.5. The number of nitrogens with zero attached hydrogens (tertiary/aromatic N) is 3. The fourth-order valence-electron chi connectivity index (χ4n) is 1.69. The van der Waals surface area contributed by atoms with E-state index >= 15 is 0 Å². The molecule has 1 amide bonds. The fourth-order valence-corrected chi connectivity index (χ4v) is 1.69. The van der Waals surface area contributed by atoms with Gasteiger partial charge in [-0.25, -0.2) is 0 Å². The number of ether oxygens (including phenoxy) is 2. The zero-order valence-electron chi connectivity index (χ0n) is 10.4. The van der Waals surface area contributed by atoms with Crippen LogP contribution in [0.4, 0.5) is 5.82 Å². The quantitative estimate of drug-likeness (QED) is 0.693. The molecule has 104 valence electrons. The van der Waals surface area contributed by atoms with Crippen molar-refractivity contribution in [2.75, 3.05) is 38.6 Å². The first-order valence-corrected chi connectivity index (χ1v) is 5.95. The van der Waals surface area contributed by atoms with Crippen LogP contribution in [0.5, 0.6) is 0 Å². The summed E-state index contributed by atoms with van der Waals surface area (Å²) < 4.78 is 11.4. The summed E-state index contributed by atoms with van der Waals surface area (Å²) in [5, 5.41) is 3.85. The normalized spacial score (nSPS) is 15.3. The lowest BCUT2D eigenvalue weighted by Gasteiger charge is -2.26. The number of morpholine rings is 1. The van der Waals surface area contributed by atoms with Gasteiger partial charge in [-0.2, -0.15) is 5.10 Å². The SMILES string of the molecule is Nc1ccn(CC(=O)OCC(=O)N2CCOCC2)n1. The fraction of sp³-hybridized carbons (Fsp3) is 0.545. The van der Waals surface area contributed by atoms with Gasteiger partial charge in [0.2, 0.25) is 0 Å². The Labute approximate surface area is 110 Å². The molecule has 2 N–H and O–H groups in total. The minimum atomic E-state index is -0.523. The van der Waals surface area contributed by atoms with E-state index in [0.717, 1.165) is 0 Å². The molecule has 1 fully saturated rings. The maximum absolute atomic E-state index is 11.7. The molecule has 0 saturated carbocycles. The van der Waals surface area contributed by atoms with Crippen molar-refractivity contribution >= 4 is 17.7 Å². The summed E-state index contributed by atoms with van der Waals surface area (Å²) in [6.45, 7) is 1.79. The second kappa shape index (κ2) is 6.19. The van der Waals surface area contributed by atoms with Crippen molar-refractivity contribution in [3.8, 4) is 0 Å². The van der Waals surface area contributed by atoms with Gasteiger partial charge < -0.3 is 20.1 Å². The van der Waals surface area contributed by atoms with Crippen LogP contribution in [0.1, 0.15) is 0 Å². The molecule has 2 heterocycles. The Kier molecular flexibility index (Phi) is 4.35. The van der Waals surface area contributed by atoms with Gasteiger partial charge >= 0.3 is 5.97 Å². The van der Waals surface area contributed by atoms with Crippen molar-refractivity contribution in [1.29, 1.82) is 0 Å². The molecule has 0 aromatic carbocycles. The summed E-state index contributed by atoms with van der Waals surface area (Å²) in [6.07, 6.45) is 1.57. The van der Waals surface area contributed by atoms with Crippen LogP contribution < -0.4 is 5.73 Å². The van der Waals surface area contributed by atoms with Crippen LogP contribution in [-0.2, 0) is 25.6 Å². The molecule has 1 aromatic rings. The number of carbonyl (C=O) groups is 2. The molecule has 8 nitrogen and oxygen atoms in total. The highest BCUT2D eigenvalue weighted by molar-refractivity contribution is 5.80. The Morgan fingerprint density at radius 2 is 2.16 bits per heavy atom. The molecule has 0 aliphatic carbocycles. The Morgan fingerprint density at radius 3 is 2.79 bits per heavy atom. The number of nitrogen functional groups attached to an aromatic ring is 1. The van der Waals surface area contributed by atoms with Gasteiger partial charge in [-0.05, 0) is 6.07 Å². The summed E-state index contributed by atoms with van der Waals surface area (Å²) in [4.78, 5) is 24.8. The average molecular weight is 268 g/mol. The Hall–Kier alpha value is -2.09. The lowest BCUT2D eigenvalue weighted by Crippen LogP contribution is -2.42. The third kappa shape index (κ3) is 3.95. The summed E-state index contributed by atoms with van der Waals surface area (Å²) in [7, 11) is 0. The van der Waals surface area contributed by atoms with Gasteiger partial charge in [-0.15, -0.1) is 0 Å². The number of carbonyl (C=O) groups excluding carboxylic acids is 2. The van der Waals surface area contributed by atoms with Crippen LogP contribution in [0, 0.1) is 0 Å². The molecule has 8 heteroatoms. The number of nitrogens with two attached hydrogens (primary N) is 1. The first kappa shape index (κ1) is 13.3. The van der Waals surface area contributed by atoms with Gasteiger partial charge in [-0.3, -0.25) is 14.3 Å². The predicted molar refractivity (Wildman–Crippen MR) is 65.0 cm³/mol. The molecule has 0 unspecified atom stereocenters. The molecule has 0 radical (unpaired) electrons. The summed E-state index contributed by atoms with van der Waals surface area (Å²) in [5.74, 6) is -0.404. The molecule has 2 rings (SSSR count). The van der Waals surface area contributed by atoms with E-state index in [0.29, 0.717) is 32.1 Å². The second-order valence-electron chi connectivity index (χ2n) is 4.09.